The van der Waals surface area contributed by atoms with Crippen LogP contribution in [0.15, 0.2) is 77.9 Å². The van der Waals surface area contributed by atoms with Crippen LogP contribution in [-0.4, -0.2) is 28.9 Å². The Morgan fingerprint density at radius 3 is 2.31 bits per heavy atom. The summed E-state index contributed by atoms with van der Waals surface area (Å²) < 4.78 is 11.1. The van der Waals surface area contributed by atoms with E-state index in [1.165, 1.54) is 24.4 Å². The van der Waals surface area contributed by atoms with Crippen molar-refractivity contribution < 1.29 is 24.5 Å². The number of nitrogens with zero attached hydrogens (tertiary/aromatic N) is 1. The Morgan fingerprint density at radius 2 is 1.62 bits per heavy atom. The van der Waals surface area contributed by atoms with Gasteiger partial charge in [-0.3, -0.25) is 4.79 Å². The van der Waals surface area contributed by atoms with E-state index in [2.05, 4.69) is 10.5 Å². The molecule has 3 aromatic carbocycles. The number of ether oxygens (including phenoxy) is 2. The molecule has 0 unspecified atom stereocenters. The van der Waals surface area contributed by atoms with Gasteiger partial charge in [0.15, 0.2) is 6.61 Å². The van der Waals surface area contributed by atoms with E-state index >= 15 is 0 Å². The molecule has 7 nitrogen and oxygen atoms in total. The molecule has 0 bridgehead atoms. The predicted molar refractivity (Wildman–Crippen MR) is 108 cm³/mol. The lowest BCUT2D eigenvalue weighted by atomic mass is 10.2. The second-order valence-electron chi connectivity index (χ2n) is 6.07. The van der Waals surface area contributed by atoms with Gasteiger partial charge in [0.2, 0.25) is 0 Å². The van der Waals surface area contributed by atoms with Gasteiger partial charge in [0.05, 0.1) is 6.21 Å². The molecule has 1 amide bonds. The number of hydrogen-bond donors (Lipinski definition) is 3. The van der Waals surface area contributed by atoms with E-state index < -0.39 is 5.91 Å². The lowest BCUT2D eigenvalue weighted by molar-refractivity contribution is -0.123. The summed E-state index contributed by atoms with van der Waals surface area (Å²) in [6.45, 7) is 0.251. The second kappa shape index (κ2) is 9.80. The summed E-state index contributed by atoms with van der Waals surface area (Å²) in [6.07, 6.45) is 1.27. The largest absolute Gasteiger partial charge is 0.508 e. The molecule has 0 aliphatic heterocycles. The summed E-state index contributed by atoms with van der Waals surface area (Å²) in [4.78, 5) is 11.8. The van der Waals surface area contributed by atoms with E-state index in [0.717, 1.165) is 5.56 Å². The summed E-state index contributed by atoms with van der Waals surface area (Å²) in [6, 6.07) is 20.9. The molecule has 0 radical (unpaired) electrons. The lowest BCUT2D eigenvalue weighted by Crippen LogP contribution is -2.24. The van der Waals surface area contributed by atoms with Crippen molar-refractivity contribution in [3.05, 3.63) is 83.9 Å². The maximum absolute atomic E-state index is 11.8. The smallest absolute Gasteiger partial charge is 0.277 e. The van der Waals surface area contributed by atoms with Crippen LogP contribution in [0.5, 0.6) is 23.0 Å². The third-order valence-electron chi connectivity index (χ3n) is 3.85. The number of hydrogen-bond acceptors (Lipinski definition) is 6. The van der Waals surface area contributed by atoms with Crippen LogP contribution in [0, 0.1) is 0 Å². The Balaban J connectivity index is 1.42. The molecule has 3 rings (SSSR count). The molecule has 148 valence electrons. The molecule has 0 saturated carbocycles. The highest BCUT2D eigenvalue weighted by molar-refractivity contribution is 5.85. The first kappa shape index (κ1) is 19.8. The van der Waals surface area contributed by atoms with E-state index in [0.29, 0.717) is 23.7 Å². The number of phenols is 2. The molecular formula is C22H20N2O5. The number of rotatable bonds is 8. The van der Waals surface area contributed by atoms with Crippen LogP contribution >= 0.6 is 0 Å². The number of aromatic hydroxyl groups is 2. The first-order chi connectivity index (χ1) is 14.1. The average molecular weight is 392 g/mol. The van der Waals surface area contributed by atoms with Crippen LogP contribution in [0.1, 0.15) is 11.1 Å². The highest BCUT2D eigenvalue weighted by Gasteiger charge is 2.03. The Hall–Kier alpha value is -4.00. The minimum absolute atomic E-state index is 0.0615. The van der Waals surface area contributed by atoms with Crippen molar-refractivity contribution in [3.63, 3.8) is 0 Å². The highest BCUT2D eigenvalue weighted by Crippen LogP contribution is 2.21. The molecule has 29 heavy (non-hydrogen) atoms. The summed E-state index contributed by atoms with van der Waals surface area (Å²) in [7, 11) is 0. The monoisotopic (exact) mass is 392 g/mol. The first-order valence-electron chi connectivity index (χ1n) is 8.83. The molecule has 0 fully saturated rings. The van der Waals surface area contributed by atoms with Crippen molar-refractivity contribution in [2.24, 2.45) is 5.10 Å². The van der Waals surface area contributed by atoms with Crippen molar-refractivity contribution in [1.29, 1.82) is 0 Å². The Morgan fingerprint density at radius 1 is 0.931 bits per heavy atom. The van der Waals surface area contributed by atoms with Gasteiger partial charge in [0.1, 0.15) is 29.6 Å². The van der Waals surface area contributed by atoms with Gasteiger partial charge in [-0.1, -0.05) is 30.3 Å². The minimum Gasteiger partial charge on any atom is -0.508 e. The van der Waals surface area contributed by atoms with Crippen molar-refractivity contribution >= 4 is 12.1 Å². The van der Waals surface area contributed by atoms with E-state index in [-0.39, 0.29) is 18.1 Å². The molecule has 3 aromatic rings. The Kier molecular flexibility index (Phi) is 6.67. The number of carbonyl (C=O) groups excluding carboxylic acids is 1. The van der Waals surface area contributed by atoms with Crippen LogP contribution in [0.3, 0.4) is 0 Å². The fourth-order valence-electron chi connectivity index (χ4n) is 2.37. The van der Waals surface area contributed by atoms with Gasteiger partial charge in [-0.15, -0.1) is 0 Å². The predicted octanol–water partition coefficient (Wildman–Crippen LogP) is 3.21. The van der Waals surface area contributed by atoms with Crippen LogP contribution in [0.25, 0.3) is 0 Å². The van der Waals surface area contributed by atoms with Gasteiger partial charge >= 0.3 is 0 Å². The van der Waals surface area contributed by atoms with Crippen molar-refractivity contribution in [2.45, 2.75) is 6.61 Å². The third kappa shape index (κ3) is 6.28. The highest BCUT2D eigenvalue weighted by atomic mass is 16.5. The zero-order valence-electron chi connectivity index (χ0n) is 15.5. The van der Waals surface area contributed by atoms with Crippen LogP contribution in [0.2, 0.25) is 0 Å². The van der Waals surface area contributed by atoms with Gasteiger partial charge in [-0.2, -0.15) is 5.10 Å². The van der Waals surface area contributed by atoms with E-state index in [9.17, 15) is 15.0 Å². The molecule has 7 heteroatoms. The van der Waals surface area contributed by atoms with E-state index in [1.807, 2.05) is 30.3 Å². The third-order valence-corrected chi connectivity index (χ3v) is 3.85. The van der Waals surface area contributed by atoms with Crippen LogP contribution in [-0.2, 0) is 11.4 Å². The Bertz CT molecular complexity index is 972. The van der Waals surface area contributed by atoms with Gasteiger partial charge in [0, 0.05) is 11.6 Å². The quantitative estimate of drug-likeness (QED) is 0.404. The average Bonchev–Trinajstić information content (AvgIpc) is 2.74. The van der Waals surface area contributed by atoms with Gasteiger partial charge in [-0.05, 0) is 42.0 Å². The van der Waals surface area contributed by atoms with Crippen molar-refractivity contribution in [2.75, 3.05) is 6.61 Å². The zero-order valence-corrected chi connectivity index (χ0v) is 15.5. The standard InChI is InChI=1S/C22H20N2O5/c25-18-7-6-17(21(26)12-18)13-23-24-22(27)15-29-20-10-8-19(9-11-20)28-14-16-4-2-1-3-5-16/h1-13,25-26H,14-15H2,(H,24,27)/b23-13-. The number of benzene rings is 3. The summed E-state index contributed by atoms with van der Waals surface area (Å²) in [5, 5.41) is 22.6. The molecule has 0 aromatic heterocycles. The number of amides is 1. The van der Waals surface area contributed by atoms with E-state index in [4.69, 9.17) is 9.47 Å². The fraction of sp³-hybridized carbons (Fsp3) is 0.0909. The summed E-state index contributed by atoms with van der Waals surface area (Å²) in [5.74, 6) is 0.558. The molecule has 0 aliphatic rings. The van der Waals surface area contributed by atoms with Crippen LogP contribution < -0.4 is 14.9 Å². The van der Waals surface area contributed by atoms with Gasteiger partial charge in [0.25, 0.3) is 5.91 Å². The summed E-state index contributed by atoms with van der Waals surface area (Å²) in [5.41, 5.74) is 3.73. The van der Waals surface area contributed by atoms with Gasteiger partial charge in [-0.25, -0.2) is 5.43 Å². The fourth-order valence-corrected chi connectivity index (χ4v) is 2.37. The molecule has 0 aliphatic carbocycles. The van der Waals surface area contributed by atoms with Crippen LogP contribution in [0.4, 0.5) is 0 Å². The normalized spacial score (nSPS) is 10.6. The SMILES string of the molecule is O=C(COc1ccc(OCc2ccccc2)cc1)N/N=C\c1ccc(O)cc1O. The second-order valence-corrected chi connectivity index (χ2v) is 6.07. The molecule has 0 spiro atoms. The molecular weight excluding hydrogens is 372 g/mol. The first-order valence-corrected chi connectivity index (χ1v) is 8.83. The molecule has 0 atom stereocenters. The molecule has 3 N–H and O–H groups in total. The maximum Gasteiger partial charge on any atom is 0.277 e. The topological polar surface area (TPSA) is 100 Å². The lowest BCUT2D eigenvalue weighted by Gasteiger charge is -2.08. The number of phenolic OH excluding ortho intramolecular Hbond substituents is 2. The number of hydrazone groups is 1. The Labute approximate surface area is 167 Å². The van der Waals surface area contributed by atoms with Crippen molar-refractivity contribution in [1.82, 2.24) is 5.43 Å². The zero-order chi connectivity index (χ0) is 20.5. The summed E-state index contributed by atoms with van der Waals surface area (Å²) >= 11 is 0. The number of carbonyl (C=O) groups is 1. The maximum atomic E-state index is 11.8. The molecule has 0 heterocycles. The van der Waals surface area contributed by atoms with E-state index in [1.54, 1.807) is 24.3 Å². The number of nitrogens with one attached hydrogen (secondary N) is 1. The minimum atomic E-state index is -0.455. The van der Waals surface area contributed by atoms with Crippen molar-refractivity contribution in [3.8, 4) is 23.0 Å². The molecule has 0 saturated heterocycles. The van der Waals surface area contributed by atoms with Gasteiger partial charge < -0.3 is 19.7 Å².